The summed E-state index contributed by atoms with van der Waals surface area (Å²) >= 11 is 0. The van der Waals surface area contributed by atoms with Gasteiger partial charge in [-0.15, -0.1) is 0 Å². The molecule has 0 aliphatic carbocycles. The third kappa shape index (κ3) is 3.87. The number of halogens is 3. The van der Waals surface area contributed by atoms with E-state index in [0.717, 1.165) is 12.1 Å². The number of aromatic amines is 1. The molecule has 0 radical (unpaired) electrons. The van der Waals surface area contributed by atoms with Crippen molar-refractivity contribution in [2.24, 2.45) is 0 Å². The van der Waals surface area contributed by atoms with Crippen molar-refractivity contribution in [3.05, 3.63) is 28.2 Å². The van der Waals surface area contributed by atoms with Crippen molar-refractivity contribution >= 4 is 5.91 Å². The molecule has 0 bridgehead atoms. The number of hydrogen-bond acceptors (Lipinski definition) is 4. The number of rotatable bonds is 3. The maximum absolute atomic E-state index is 11.9. The fourth-order valence-electron chi connectivity index (χ4n) is 0.867. The van der Waals surface area contributed by atoms with Crippen LogP contribution in [0.3, 0.4) is 0 Å². The summed E-state index contributed by atoms with van der Waals surface area (Å²) in [5, 5.41) is 15.7. The van der Waals surface area contributed by atoms with Crippen molar-refractivity contribution in [2.45, 2.75) is 12.3 Å². The van der Waals surface area contributed by atoms with E-state index in [1.54, 1.807) is 0 Å². The number of aliphatic hydroxyl groups excluding tert-OH is 1. The molecule has 1 unspecified atom stereocenters. The molecule has 1 rings (SSSR count). The zero-order valence-corrected chi connectivity index (χ0v) is 8.28. The second-order valence-electron chi connectivity index (χ2n) is 3.07. The monoisotopic (exact) mass is 251 g/mol. The van der Waals surface area contributed by atoms with Crippen LogP contribution in [-0.4, -0.2) is 40.0 Å². The Morgan fingerprint density at radius 3 is 2.65 bits per heavy atom. The normalized spacial score (nSPS) is 13.2. The zero-order chi connectivity index (χ0) is 13.1. The predicted molar refractivity (Wildman–Crippen MR) is 49.3 cm³/mol. The van der Waals surface area contributed by atoms with E-state index in [0.29, 0.717) is 0 Å². The average molecular weight is 251 g/mol. The molecule has 0 aliphatic rings. The minimum Gasteiger partial charge on any atom is -0.382 e. The standard InChI is InChI=1S/C8H8F3N3O3/c9-8(10,11)5(15)3-12-7(17)4-1-2-6(16)14-13-4/h1-2,5,15H,3H2,(H,12,17)(H,14,16). The van der Waals surface area contributed by atoms with Crippen LogP contribution in [0.5, 0.6) is 0 Å². The van der Waals surface area contributed by atoms with Crippen molar-refractivity contribution in [3.8, 4) is 0 Å². The highest BCUT2D eigenvalue weighted by Crippen LogP contribution is 2.19. The molecule has 1 aromatic heterocycles. The van der Waals surface area contributed by atoms with Crippen LogP contribution in [0, 0.1) is 0 Å². The molecule has 0 spiro atoms. The molecule has 0 aliphatic heterocycles. The summed E-state index contributed by atoms with van der Waals surface area (Å²) in [5.41, 5.74) is -0.796. The summed E-state index contributed by atoms with van der Waals surface area (Å²) in [6.45, 7) is -0.983. The van der Waals surface area contributed by atoms with Gasteiger partial charge in [0.1, 0.15) is 5.69 Å². The average Bonchev–Trinajstić information content (AvgIpc) is 2.25. The molecule has 3 N–H and O–H groups in total. The Kier molecular flexibility index (Phi) is 3.84. The highest BCUT2D eigenvalue weighted by molar-refractivity contribution is 5.91. The second-order valence-corrected chi connectivity index (χ2v) is 3.07. The third-order valence-electron chi connectivity index (χ3n) is 1.75. The van der Waals surface area contributed by atoms with Crippen LogP contribution < -0.4 is 10.9 Å². The van der Waals surface area contributed by atoms with Gasteiger partial charge in [0.05, 0.1) is 6.54 Å². The van der Waals surface area contributed by atoms with Crippen LogP contribution in [0.2, 0.25) is 0 Å². The van der Waals surface area contributed by atoms with E-state index in [4.69, 9.17) is 5.11 Å². The highest BCUT2D eigenvalue weighted by Gasteiger charge is 2.38. The van der Waals surface area contributed by atoms with Crippen LogP contribution in [0.4, 0.5) is 13.2 Å². The minimum atomic E-state index is -4.80. The van der Waals surface area contributed by atoms with Gasteiger partial charge in [-0.3, -0.25) is 9.59 Å². The van der Waals surface area contributed by atoms with Gasteiger partial charge in [-0.1, -0.05) is 0 Å². The largest absolute Gasteiger partial charge is 0.416 e. The quantitative estimate of drug-likeness (QED) is 0.670. The van der Waals surface area contributed by atoms with E-state index >= 15 is 0 Å². The van der Waals surface area contributed by atoms with E-state index < -0.39 is 30.3 Å². The molecule has 17 heavy (non-hydrogen) atoms. The lowest BCUT2D eigenvalue weighted by atomic mass is 10.3. The smallest absolute Gasteiger partial charge is 0.382 e. The molecule has 1 heterocycles. The van der Waals surface area contributed by atoms with Crippen molar-refractivity contribution in [1.29, 1.82) is 0 Å². The predicted octanol–water partition coefficient (Wildman–Crippen LogP) is -0.577. The van der Waals surface area contributed by atoms with Crippen molar-refractivity contribution in [3.63, 3.8) is 0 Å². The molecule has 0 aromatic carbocycles. The minimum absolute atomic E-state index is 0.251. The van der Waals surface area contributed by atoms with Crippen LogP contribution in [0.1, 0.15) is 10.5 Å². The van der Waals surface area contributed by atoms with Crippen molar-refractivity contribution < 1.29 is 23.1 Å². The van der Waals surface area contributed by atoms with E-state index in [2.05, 4.69) is 5.10 Å². The Morgan fingerprint density at radius 1 is 1.53 bits per heavy atom. The first-order valence-electron chi connectivity index (χ1n) is 4.39. The Balaban J connectivity index is 2.56. The highest BCUT2D eigenvalue weighted by atomic mass is 19.4. The number of aromatic nitrogens is 2. The molecule has 0 fully saturated rings. The maximum atomic E-state index is 11.9. The maximum Gasteiger partial charge on any atom is 0.416 e. The van der Waals surface area contributed by atoms with Gasteiger partial charge >= 0.3 is 6.18 Å². The number of nitrogens with one attached hydrogen (secondary N) is 2. The van der Waals surface area contributed by atoms with Crippen molar-refractivity contribution in [2.75, 3.05) is 6.54 Å². The lowest BCUT2D eigenvalue weighted by Gasteiger charge is -2.14. The summed E-state index contributed by atoms with van der Waals surface area (Å²) in [4.78, 5) is 21.8. The number of amides is 1. The first-order valence-corrected chi connectivity index (χ1v) is 4.39. The lowest BCUT2D eigenvalue weighted by Crippen LogP contribution is -2.41. The van der Waals surface area contributed by atoms with Gasteiger partial charge in [0, 0.05) is 6.07 Å². The van der Waals surface area contributed by atoms with E-state index in [9.17, 15) is 22.8 Å². The Hall–Kier alpha value is -1.90. The number of carbonyl (C=O) groups is 1. The molecule has 1 aromatic rings. The van der Waals surface area contributed by atoms with Gasteiger partial charge in [0.2, 0.25) is 0 Å². The SMILES string of the molecule is O=C(NCC(O)C(F)(F)F)c1ccc(=O)[nH]n1. The molecular weight excluding hydrogens is 243 g/mol. The molecular formula is C8H8F3N3O3. The molecule has 1 amide bonds. The number of hydrogen-bond donors (Lipinski definition) is 3. The molecule has 0 saturated heterocycles. The first-order chi connectivity index (χ1) is 7.80. The first kappa shape index (κ1) is 13.2. The number of alkyl halides is 3. The van der Waals surface area contributed by atoms with Gasteiger partial charge < -0.3 is 10.4 Å². The summed E-state index contributed by atoms with van der Waals surface area (Å²) in [7, 11) is 0. The molecule has 1 atom stereocenters. The lowest BCUT2D eigenvalue weighted by molar-refractivity contribution is -0.201. The van der Waals surface area contributed by atoms with Gasteiger partial charge in [-0.25, -0.2) is 5.10 Å². The van der Waals surface area contributed by atoms with Crippen LogP contribution in [0.15, 0.2) is 16.9 Å². The van der Waals surface area contributed by atoms with Gasteiger partial charge in [-0.05, 0) is 6.07 Å². The summed E-state index contributed by atoms with van der Waals surface area (Å²) < 4.78 is 35.7. The molecule has 6 nitrogen and oxygen atoms in total. The number of nitrogens with zero attached hydrogens (tertiary/aromatic N) is 1. The third-order valence-corrected chi connectivity index (χ3v) is 1.75. The van der Waals surface area contributed by atoms with Gasteiger partial charge in [0.25, 0.3) is 11.5 Å². The summed E-state index contributed by atoms with van der Waals surface area (Å²) in [5.74, 6) is -0.926. The van der Waals surface area contributed by atoms with Crippen LogP contribution >= 0.6 is 0 Å². The van der Waals surface area contributed by atoms with E-state index in [1.807, 2.05) is 10.4 Å². The Morgan fingerprint density at radius 2 is 2.18 bits per heavy atom. The van der Waals surface area contributed by atoms with Crippen LogP contribution in [0.25, 0.3) is 0 Å². The van der Waals surface area contributed by atoms with Gasteiger partial charge in [-0.2, -0.15) is 18.3 Å². The van der Waals surface area contributed by atoms with Crippen molar-refractivity contribution in [1.82, 2.24) is 15.5 Å². The Labute approximate surface area is 92.5 Å². The zero-order valence-electron chi connectivity index (χ0n) is 8.28. The van der Waals surface area contributed by atoms with Crippen LogP contribution in [-0.2, 0) is 0 Å². The number of H-pyrrole nitrogens is 1. The molecule has 9 heteroatoms. The second kappa shape index (κ2) is 4.95. The fourth-order valence-corrected chi connectivity index (χ4v) is 0.867. The number of aliphatic hydroxyl groups is 1. The summed E-state index contributed by atoms with van der Waals surface area (Å²) in [6.07, 6.45) is -7.44. The molecule has 94 valence electrons. The Bertz CT molecular complexity index is 437. The van der Waals surface area contributed by atoms with Gasteiger partial charge in [0.15, 0.2) is 6.10 Å². The van der Waals surface area contributed by atoms with E-state index in [-0.39, 0.29) is 5.69 Å². The summed E-state index contributed by atoms with van der Waals surface area (Å²) in [6, 6.07) is 2.05. The number of carbonyl (C=O) groups excluding carboxylic acids is 1. The molecule has 0 saturated carbocycles. The fraction of sp³-hybridized carbons (Fsp3) is 0.375. The topological polar surface area (TPSA) is 95.1 Å². The van der Waals surface area contributed by atoms with E-state index in [1.165, 1.54) is 0 Å².